The molecule has 3 atom stereocenters. The molecule has 3 N–H and O–H groups in total. The molecule has 0 saturated heterocycles. The Hall–Kier alpha value is -0.950. The number of carboxylic acids is 1. The van der Waals surface area contributed by atoms with Crippen molar-refractivity contribution in [1.29, 1.82) is 0 Å². The number of carboxylic acid groups (broad SMARTS) is 1. The van der Waals surface area contributed by atoms with Crippen molar-refractivity contribution in [1.82, 2.24) is 0 Å². The van der Waals surface area contributed by atoms with E-state index in [4.69, 9.17) is 24.8 Å². The first-order valence-electron chi connectivity index (χ1n) is 6.77. The highest BCUT2D eigenvalue weighted by Crippen LogP contribution is 2.02. The molecule has 0 fully saturated rings. The van der Waals surface area contributed by atoms with E-state index in [1.807, 2.05) is 13.8 Å². The van der Waals surface area contributed by atoms with E-state index in [2.05, 4.69) is 0 Å². The van der Waals surface area contributed by atoms with Crippen molar-refractivity contribution >= 4 is 5.97 Å². The summed E-state index contributed by atoms with van der Waals surface area (Å²) < 4.78 is 10.1. The molecule has 6 nitrogen and oxygen atoms in total. The zero-order chi connectivity index (χ0) is 16.1. The molecule has 0 saturated carbocycles. The average Bonchev–Trinajstić information content (AvgIpc) is 2.43. The lowest BCUT2D eigenvalue weighted by Crippen LogP contribution is -2.25. The number of allylic oxidation sites excluding steroid dienone is 1. The van der Waals surface area contributed by atoms with E-state index in [-0.39, 0.29) is 6.10 Å². The van der Waals surface area contributed by atoms with Crippen molar-refractivity contribution in [3.8, 4) is 0 Å². The van der Waals surface area contributed by atoms with Crippen molar-refractivity contribution in [3.05, 3.63) is 11.6 Å². The quantitative estimate of drug-likeness (QED) is 0.467. The van der Waals surface area contributed by atoms with Crippen LogP contribution in [0.1, 0.15) is 47.5 Å². The van der Waals surface area contributed by atoms with Crippen LogP contribution in [0.5, 0.6) is 0 Å². The molecule has 0 rings (SSSR count). The van der Waals surface area contributed by atoms with Crippen molar-refractivity contribution in [2.24, 2.45) is 0 Å². The second-order valence-electron chi connectivity index (χ2n) is 4.28. The maximum Gasteiger partial charge on any atom is 0.330 e. The number of rotatable bonds is 8. The minimum Gasteiger partial charge on any atom is -0.478 e. The summed E-state index contributed by atoms with van der Waals surface area (Å²) >= 11 is 0. The number of aliphatic carboxylic acids is 1. The maximum absolute atomic E-state index is 9.86. The fraction of sp³-hybridized carbons (Fsp3) is 0.786. The molecule has 0 aliphatic carbocycles. The van der Waals surface area contributed by atoms with Crippen molar-refractivity contribution in [2.45, 2.75) is 66.1 Å². The number of carbonyl (C=O) groups is 1. The molecule has 0 heterocycles. The van der Waals surface area contributed by atoms with E-state index in [0.29, 0.717) is 25.0 Å². The van der Waals surface area contributed by atoms with Crippen LogP contribution in [0.25, 0.3) is 0 Å². The molecule has 0 radical (unpaired) electrons. The Balaban J connectivity index is 0. The van der Waals surface area contributed by atoms with Gasteiger partial charge in [-0.25, -0.2) is 4.79 Å². The molecule has 0 amide bonds. The van der Waals surface area contributed by atoms with E-state index in [1.54, 1.807) is 26.8 Å². The summed E-state index contributed by atoms with van der Waals surface area (Å²) in [6.45, 7) is 9.01. The molecule has 6 heteroatoms. The fourth-order valence-corrected chi connectivity index (χ4v) is 0.892. The van der Waals surface area contributed by atoms with Gasteiger partial charge in [0.2, 0.25) is 0 Å². The van der Waals surface area contributed by atoms with Gasteiger partial charge in [-0.05, 0) is 33.6 Å². The molecule has 120 valence electrons. The highest BCUT2D eigenvalue weighted by atomic mass is 16.6. The van der Waals surface area contributed by atoms with Crippen LogP contribution in [-0.4, -0.2) is 46.6 Å². The largest absolute Gasteiger partial charge is 0.478 e. The summed E-state index contributed by atoms with van der Waals surface area (Å²) in [6, 6.07) is 0. The maximum atomic E-state index is 9.86. The Morgan fingerprint density at radius 1 is 1.20 bits per heavy atom. The summed E-state index contributed by atoms with van der Waals surface area (Å²) in [4.78, 5) is 9.86. The number of hydrogen-bond acceptors (Lipinski definition) is 5. The lowest BCUT2D eigenvalue weighted by atomic mass is 10.3. The van der Waals surface area contributed by atoms with Gasteiger partial charge in [-0.15, -0.1) is 0 Å². The average molecular weight is 292 g/mol. The molecular weight excluding hydrogens is 264 g/mol. The third-order valence-electron chi connectivity index (χ3n) is 2.38. The Kier molecular flexibility index (Phi) is 13.9. The lowest BCUT2D eigenvalue weighted by molar-refractivity contribution is -0.176. The predicted molar refractivity (Wildman–Crippen MR) is 76.2 cm³/mol. The zero-order valence-electron chi connectivity index (χ0n) is 13.0. The van der Waals surface area contributed by atoms with Gasteiger partial charge in [0, 0.05) is 5.57 Å². The third kappa shape index (κ3) is 13.5. The van der Waals surface area contributed by atoms with Crippen LogP contribution in [0, 0.1) is 0 Å². The van der Waals surface area contributed by atoms with E-state index < -0.39 is 18.5 Å². The summed E-state index contributed by atoms with van der Waals surface area (Å²) in [7, 11) is 0. The topological polar surface area (TPSA) is 96.2 Å². The van der Waals surface area contributed by atoms with Crippen LogP contribution in [-0.2, 0) is 14.3 Å². The summed E-state index contributed by atoms with van der Waals surface area (Å²) in [6.07, 6.45) is 1.00. The van der Waals surface area contributed by atoms with Crippen LogP contribution in [0.2, 0.25) is 0 Å². The predicted octanol–water partition coefficient (Wildman–Crippen LogP) is 1.90. The van der Waals surface area contributed by atoms with Crippen LogP contribution in [0.15, 0.2) is 11.6 Å². The molecule has 0 aliphatic heterocycles. The Labute approximate surface area is 121 Å². The second kappa shape index (κ2) is 13.1. The highest BCUT2D eigenvalue weighted by Gasteiger charge is 2.10. The number of aliphatic hydroxyl groups is 2. The van der Waals surface area contributed by atoms with Gasteiger partial charge in [0.1, 0.15) is 0 Å². The van der Waals surface area contributed by atoms with Gasteiger partial charge >= 0.3 is 5.97 Å². The van der Waals surface area contributed by atoms with Gasteiger partial charge in [0.15, 0.2) is 12.6 Å². The Bertz CT molecular complexity index is 277. The van der Waals surface area contributed by atoms with Crippen molar-refractivity contribution < 1.29 is 29.6 Å². The number of ether oxygens (including phenoxy) is 2. The smallest absolute Gasteiger partial charge is 0.330 e. The van der Waals surface area contributed by atoms with Gasteiger partial charge in [0.25, 0.3) is 0 Å². The SMILES string of the molecule is CC=C(C)C(=O)O.CCC(O)OCC(C)OC(O)CC. The molecule has 0 bridgehead atoms. The first-order valence-corrected chi connectivity index (χ1v) is 6.77. The molecule has 0 aliphatic rings. The monoisotopic (exact) mass is 292 g/mol. The summed E-state index contributed by atoms with van der Waals surface area (Å²) in [5, 5.41) is 26.3. The van der Waals surface area contributed by atoms with E-state index in [1.165, 1.54) is 0 Å². The molecular formula is C14H28O6. The summed E-state index contributed by atoms with van der Waals surface area (Å²) in [5.41, 5.74) is 0.389. The molecule has 0 spiro atoms. The van der Waals surface area contributed by atoms with Gasteiger partial charge in [-0.2, -0.15) is 0 Å². The van der Waals surface area contributed by atoms with Gasteiger partial charge in [-0.3, -0.25) is 0 Å². The minimum atomic E-state index is -0.845. The minimum absolute atomic E-state index is 0.198. The molecule has 3 unspecified atom stereocenters. The van der Waals surface area contributed by atoms with Crippen LogP contribution < -0.4 is 0 Å². The van der Waals surface area contributed by atoms with Gasteiger partial charge in [-0.1, -0.05) is 19.9 Å². The second-order valence-corrected chi connectivity index (χ2v) is 4.28. The standard InChI is InChI=1S/C9H20O4.C5H8O2/c1-4-8(10)12-6-7(3)13-9(11)5-2;1-3-4(2)5(6)7/h7-11H,4-6H2,1-3H3;3H,1-2H3,(H,6,7). The third-order valence-corrected chi connectivity index (χ3v) is 2.38. The van der Waals surface area contributed by atoms with E-state index in [0.717, 1.165) is 0 Å². The van der Waals surface area contributed by atoms with Gasteiger partial charge < -0.3 is 24.8 Å². The van der Waals surface area contributed by atoms with Gasteiger partial charge in [0.05, 0.1) is 12.7 Å². The van der Waals surface area contributed by atoms with E-state index >= 15 is 0 Å². The van der Waals surface area contributed by atoms with Crippen LogP contribution >= 0.6 is 0 Å². The Morgan fingerprint density at radius 2 is 1.70 bits per heavy atom. The molecule has 0 aromatic carbocycles. The lowest BCUT2D eigenvalue weighted by Gasteiger charge is -2.18. The number of aliphatic hydroxyl groups excluding tert-OH is 2. The number of hydrogen-bond donors (Lipinski definition) is 3. The van der Waals surface area contributed by atoms with Crippen LogP contribution in [0.3, 0.4) is 0 Å². The first kappa shape index (κ1) is 21.4. The normalized spacial score (nSPS) is 15.8. The Morgan fingerprint density at radius 3 is 2.00 bits per heavy atom. The highest BCUT2D eigenvalue weighted by molar-refractivity contribution is 5.85. The van der Waals surface area contributed by atoms with Crippen molar-refractivity contribution in [2.75, 3.05) is 6.61 Å². The molecule has 0 aromatic heterocycles. The zero-order valence-corrected chi connectivity index (χ0v) is 13.0. The van der Waals surface area contributed by atoms with Crippen molar-refractivity contribution in [3.63, 3.8) is 0 Å². The first-order chi connectivity index (χ1) is 9.28. The molecule has 20 heavy (non-hydrogen) atoms. The van der Waals surface area contributed by atoms with E-state index in [9.17, 15) is 4.79 Å². The van der Waals surface area contributed by atoms with Crippen LogP contribution in [0.4, 0.5) is 0 Å². The fourth-order valence-electron chi connectivity index (χ4n) is 0.892. The molecule has 0 aromatic rings. The summed E-state index contributed by atoms with van der Waals surface area (Å²) in [5.74, 6) is -0.845.